The van der Waals surface area contributed by atoms with E-state index in [0.717, 1.165) is 24.6 Å². The van der Waals surface area contributed by atoms with Gasteiger partial charge in [-0.15, -0.1) is 58.0 Å². The highest BCUT2D eigenvalue weighted by molar-refractivity contribution is 6.33. The van der Waals surface area contributed by atoms with Gasteiger partial charge in [-0.1, -0.05) is 19.9 Å². The van der Waals surface area contributed by atoms with Gasteiger partial charge in [0.2, 0.25) is 15.9 Å². The van der Waals surface area contributed by atoms with Gasteiger partial charge in [-0.2, -0.15) is 15.0 Å². The van der Waals surface area contributed by atoms with Gasteiger partial charge in [0.05, 0.1) is 58.2 Å². The van der Waals surface area contributed by atoms with E-state index in [9.17, 15) is 52.7 Å². The number of nitrogens with two attached hydrogens (primary N) is 7. The highest BCUT2D eigenvalue weighted by atomic mass is 35.5. The van der Waals surface area contributed by atoms with E-state index in [2.05, 4.69) is 19.7 Å². The van der Waals surface area contributed by atoms with E-state index < -0.39 is 88.3 Å². The molecule has 0 amide bonds. The molecule has 35 N–H and O–H groups in total. The van der Waals surface area contributed by atoms with E-state index in [4.69, 9.17) is 210 Å². The molecule has 0 bridgehead atoms. The van der Waals surface area contributed by atoms with E-state index in [1.807, 2.05) is 13.8 Å². The first kappa shape index (κ1) is 117. The van der Waals surface area contributed by atoms with Crippen LogP contribution in [0.4, 0.5) is 0 Å². The van der Waals surface area contributed by atoms with Crippen LogP contribution < -0.4 is 74.3 Å². The summed E-state index contributed by atoms with van der Waals surface area (Å²) in [5.41, 5.74) is 29.5. The summed E-state index contributed by atoms with van der Waals surface area (Å²) in [6.07, 6.45) is -0.868. The van der Waals surface area contributed by atoms with E-state index in [0.29, 0.717) is 75.1 Å². The van der Waals surface area contributed by atoms with Crippen molar-refractivity contribution in [3.05, 3.63) is 121 Å². The lowest BCUT2D eigenvalue weighted by Crippen LogP contribution is -2.36. The highest BCUT2D eigenvalue weighted by Gasteiger charge is 2.26. The molecule has 3 heterocycles. The summed E-state index contributed by atoms with van der Waals surface area (Å²) in [6.45, 7) is 6.21. The number of halogens is 8. The largest absolute Gasteiger partial charge is 0.508 e. The maximum Gasteiger partial charge on any atom is 0.330 e. The zero-order chi connectivity index (χ0) is 84.4. The highest BCUT2D eigenvalue weighted by Crippen LogP contribution is 2.27. The quantitative estimate of drug-likeness (QED) is 0.0164. The first-order chi connectivity index (χ1) is 49.6. The third kappa shape index (κ3) is 83.7. The molecule has 106 heavy (non-hydrogen) atoms. The Morgan fingerprint density at radius 1 is 0.500 bits per heavy atom. The zero-order valence-electron chi connectivity index (χ0n) is 56.9. The number of aliphatic hydroxyl groups excluding tert-OH is 6. The van der Waals surface area contributed by atoms with Gasteiger partial charge in [-0.05, 0) is 59.8 Å². The van der Waals surface area contributed by atoms with Gasteiger partial charge in [0.15, 0.2) is 0 Å². The van der Waals surface area contributed by atoms with Crippen LogP contribution in [0.3, 0.4) is 0 Å². The fraction of sp³-hybridized carbons (Fsp3) is 0.527. The second-order valence-electron chi connectivity index (χ2n) is 18.8. The van der Waals surface area contributed by atoms with Crippen molar-refractivity contribution in [3.63, 3.8) is 0 Å². The summed E-state index contributed by atoms with van der Waals surface area (Å²) in [6, 6.07) is 9.26. The summed E-state index contributed by atoms with van der Waals surface area (Å²) >= 11 is 43.0. The van der Waals surface area contributed by atoms with Crippen LogP contribution >= 0.6 is 92.8 Å². The van der Waals surface area contributed by atoms with E-state index in [1.54, 1.807) is 36.0 Å². The number of aliphatic carboxylic acids is 4. The van der Waals surface area contributed by atoms with Crippen LogP contribution in [0.15, 0.2) is 71.2 Å². The number of carbonyl (C=O) groups excluding carboxylic acids is 1. The summed E-state index contributed by atoms with van der Waals surface area (Å²) in [5, 5.41) is 126. The molecule has 0 saturated heterocycles. The SMILES string of the molecule is CCC(CCl)(CCl)CCl.CCC(CO)(CO)CO.ClCCCl.Clc1nc(Cl)nc(Cl)n1.NCC(N)CN.NCCN.NCCN.O=C(O)CC(CC(=O)O)C(=O)O.O=COCCC(=O)O.O=c1[nH]c(=O)[nH]c(=O)[nH]1.O=c1[nH]c(=O)[nH]c(=O)[nH]1.OCC(O)CO.Oc1cc(O)cc(O)c1.Oc1cccc(O)c1. The van der Waals surface area contributed by atoms with Crippen LogP contribution in [0.2, 0.25) is 15.9 Å². The number of nitrogens with one attached hydrogen (secondary N) is 6. The predicted octanol–water partition coefficient (Wildman–Crippen LogP) is -3.20. The summed E-state index contributed by atoms with van der Waals surface area (Å²) in [4.78, 5) is 132. The number of carbonyl (C=O) groups is 5. The van der Waals surface area contributed by atoms with Crippen molar-refractivity contribution in [1.82, 2.24) is 44.9 Å². The molecule has 5 rings (SSSR count). The standard InChI is InChI=1S/C6H11Cl3.C6H8O6.C6H6O3.C6H14O3.C6H6O2.C4H6O4.C3Cl3N3.2C3H3N3O3.C3H11N3.C3H8O3.C2H4Cl2.2C2H8N2/c1-2-6(3-7,4-8)5-9;7-4(8)1-3(6(11)12)2-5(9)10;7-4-1-5(8)3-6(9)2-4;1-2-6(3-7,4-8)5-9;7-5-2-1-3-6(8)4-5;5-3-8-2-1-4(6)7;4-1-7-2(5)9-3(6)8-1;2*7-1-4-2(8)6-3(9)5-1;2*4-1-3(6)2-5;3*3-1-2-4/h2-5H2,1H3;3H,1-2H2,(H,7,8)(H,9,10)(H,11,12);1-3,7-9H;7-9H,2-5H2,1H3;1-4,7-8H;3H,1-2H2,(H,6,7);;2*(H3,4,5,6,7,8,9);3H,1-2,4-6H2;3-6H,1-2H2;1-2H2;2*1-4H2. The number of phenolic OH excluding ortho intramolecular Hbond substituents is 5. The van der Waals surface area contributed by atoms with Gasteiger partial charge in [0, 0.05) is 110 Å². The van der Waals surface area contributed by atoms with Gasteiger partial charge >= 0.3 is 58.0 Å². The topological polar surface area (TPSA) is 816 Å². The Hall–Kier alpha value is -7.58. The number of carboxylic acids is 4. The number of phenols is 5. The lowest BCUT2D eigenvalue weighted by molar-refractivity contribution is -0.152. The van der Waals surface area contributed by atoms with Crippen molar-refractivity contribution in [1.29, 1.82) is 0 Å². The van der Waals surface area contributed by atoms with Crippen LogP contribution in [-0.2, 0) is 28.7 Å². The molecule has 0 unspecified atom stereocenters. The maximum atomic E-state index is 10.2. The van der Waals surface area contributed by atoms with Crippen molar-refractivity contribution in [3.8, 4) is 28.7 Å². The second-order valence-corrected chi connectivity index (χ2v) is 21.4. The normalized spacial score (nSPS) is 9.60. The molecule has 0 saturated carbocycles. The Kier molecular flexibility index (Phi) is 86.5. The molecule has 3 aromatic heterocycles. The second kappa shape index (κ2) is 78.5. The number of ether oxygens (including phenoxy) is 1. The first-order valence-corrected chi connectivity index (χ1v) is 33.1. The number of hydrogen-bond donors (Lipinski definition) is 28. The minimum absolute atomic E-state index is 0.000000000000000444. The molecular formula is C55H96Cl8N16O27. The number of rotatable bonds is 24. The Balaban J connectivity index is -0.000000138. The molecule has 5 aromatic rings. The fourth-order valence-corrected chi connectivity index (χ4v) is 6.11. The van der Waals surface area contributed by atoms with Gasteiger partial charge in [-0.25, -0.2) is 28.8 Å². The molecule has 2 aromatic carbocycles. The van der Waals surface area contributed by atoms with Crippen LogP contribution in [0.25, 0.3) is 0 Å². The number of H-pyrrole nitrogens is 6. The molecule has 0 radical (unpaired) electrons. The number of aromatic hydroxyl groups is 5. The summed E-state index contributed by atoms with van der Waals surface area (Å²) < 4.78 is 4.08. The summed E-state index contributed by atoms with van der Waals surface area (Å²) in [7, 11) is 0. The molecular weight excluding hydrogens is 1600 g/mol. The minimum Gasteiger partial charge on any atom is -0.508 e. The van der Waals surface area contributed by atoms with Gasteiger partial charge in [0.25, 0.3) is 6.47 Å². The van der Waals surface area contributed by atoms with Crippen LogP contribution in [0, 0.1) is 16.7 Å². The molecule has 614 valence electrons. The third-order valence-electron chi connectivity index (χ3n) is 10.1. The van der Waals surface area contributed by atoms with Crippen molar-refractivity contribution in [2.45, 2.75) is 58.1 Å². The Labute approximate surface area is 643 Å². The van der Waals surface area contributed by atoms with E-state index >= 15 is 0 Å². The minimum atomic E-state index is -1.40. The number of carboxylic acid groups (broad SMARTS) is 4. The smallest absolute Gasteiger partial charge is 0.330 e. The number of aromatic amines is 6. The molecule has 0 spiro atoms. The average Bonchev–Trinajstić information content (AvgIpc) is 0.947. The van der Waals surface area contributed by atoms with E-state index in [-0.39, 0.29) is 109 Å². The first-order valence-electron chi connectivity index (χ1n) is 29.3. The van der Waals surface area contributed by atoms with Crippen LogP contribution in [0.5, 0.6) is 28.7 Å². The average molecular weight is 1700 g/mol. The molecule has 0 aliphatic rings. The van der Waals surface area contributed by atoms with Gasteiger partial charge in [0.1, 0.15) is 41.5 Å². The maximum absolute atomic E-state index is 10.2. The van der Waals surface area contributed by atoms with E-state index in [1.165, 1.54) is 18.2 Å². The predicted molar refractivity (Wildman–Crippen MR) is 395 cm³/mol. The molecule has 0 atom stereocenters. The lowest BCUT2D eigenvalue weighted by Gasteiger charge is -2.24. The molecule has 51 heteroatoms. The zero-order valence-corrected chi connectivity index (χ0v) is 63.0. The Morgan fingerprint density at radius 2 is 0.774 bits per heavy atom. The Bertz CT molecular complexity index is 2860. The van der Waals surface area contributed by atoms with Crippen molar-refractivity contribution in [2.75, 3.05) is 108 Å². The lowest BCUT2D eigenvalue weighted by atomic mass is 9.88. The third-order valence-corrected chi connectivity index (χ3v) is 12.9. The fourth-order valence-electron chi connectivity index (χ4n) is 4.07. The van der Waals surface area contributed by atoms with Crippen molar-refractivity contribution >= 4 is 123 Å². The number of aromatic nitrogens is 9. The molecule has 0 aliphatic heterocycles. The number of aliphatic hydroxyl groups is 6. The number of hydrogen-bond acceptors (Lipinski definition) is 33. The molecule has 0 fully saturated rings. The summed E-state index contributed by atoms with van der Waals surface area (Å²) in [5.74, 6) is -3.84. The van der Waals surface area contributed by atoms with Gasteiger partial charge in [-0.3, -0.25) is 53.9 Å². The molecule has 43 nitrogen and oxygen atoms in total. The van der Waals surface area contributed by atoms with Crippen LogP contribution in [0.1, 0.15) is 46.0 Å². The monoisotopic (exact) mass is 1690 g/mol. The number of nitrogens with zero attached hydrogens (tertiary/aromatic N) is 3. The van der Waals surface area contributed by atoms with Crippen molar-refractivity contribution in [2.24, 2.45) is 56.9 Å². The number of alkyl halides is 5. The van der Waals surface area contributed by atoms with Gasteiger partial charge < -0.3 is 121 Å². The number of benzene rings is 2. The Morgan fingerprint density at radius 3 is 0.896 bits per heavy atom. The van der Waals surface area contributed by atoms with Crippen molar-refractivity contribution < 1.29 is 105 Å². The van der Waals surface area contributed by atoms with Crippen LogP contribution in [-0.4, -0.2) is 272 Å². The molecule has 0 aliphatic carbocycles.